The van der Waals surface area contributed by atoms with E-state index in [0.717, 1.165) is 16.2 Å². The number of benzene rings is 2. The van der Waals surface area contributed by atoms with Gasteiger partial charge in [0.2, 0.25) is 0 Å². The predicted molar refractivity (Wildman–Crippen MR) is 76.7 cm³/mol. The molecule has 1 aliphatic rings. The average Bonchev–Trinajstić information content (AvgIpc) is 2.49. The number of Topliss-reactive ketones (excluding diaryl/α,β-unsaturated/α-hetero) is 1. The third kappa shape index (κ3) is 2.85. The van der Waals surface area contributed by atoms with Crippen LogP contribution in [0.1, 0.15) is 5.56 Å². The maximum Gasteiger partial charge on any atom is 0.178 e. The Bertz CT molecular complexity index is 625. The lowest BCUT2D eigenvalue weighted by atomic mass is 10.1. The fourth-order valence-electron chi connectivity index (χ4n) is 2.10. The van der Waals surface area contributed by atoms with Crippen LogP contribution in [0.5, 0.6) is 5.75 Å². The van der Waals surface area contributed by atoms with E-state index in [0.29, 0.717) is 5.75 Å². The van der Waals surface area contributed by atoms with Crippen molar-refractivity contribution in [3.05, 3.63) is 59.9 Å². The van der Waals surface area contributed by atoms with Gasteiger partial charge in [0, 0.05) is 17.1 Å². The number of ether oxygens (including phenoxy) is 1. The highest BCUT2D eigenvalue weighted by atomic mass is 32.2. The first-order chi connectivity index (χ1) is 9.72. The minimum Gasteiger partial charge on any atom is -0.481 e. The van der Waals surface area contributed by atoms with E-state index in [1.807, 2.05) is 24.3 Å². The van der Waals surface area contributed by atoms with Gasteiger partial charge in [-0.2, -0.15) is 0 Å². The highest BCUT2D eigenvalue weighted by molar-refractivity contribution is 7.99. The zero-order valence-corrected chi connectivity index (χ0v) is 11.5. The van der Waals surface area contributed by atoms with Crippen molar-refractivity contribution < 1.29 is 13.9 Å². The Morgan fingerprint density at radius 1 is 1.20 bits per heavy atom. The van der Waals surface area contributed by atoms with Gasteiger partial charge in [-0.25, -0.2) is 4.39 Å². The predicted octanol–water partition coefficient (Wildman–Crippen LogP) is 3.49. The van der Waals surface area contributed by atoms with Crippen LogP contribution >= 0.6 is 11.8 Å². The molecule has 4 heteroatoms. The second kappa shape index (κ2) is 5.67. The maximum absolute atomic E-state index is 12.8. The smallest absolute Gasteiger partial charge is 0.178 e. The molecule has 1 atom stereocenters. The molecule has 0 spiro atoms. The zero-order chi connectivity index (χ0) is 13.9. The lowest BCUT2D eigenvalue weighted by Gasteiger charge is -2.24. The summed E-state index contributed by atoms with van der Waals surface area (Å²) in [6.45, 7) is 0. The molecule has 1 unspecified atom stereocenters. The van der Waals surface area contributed by atoms with Gasteiger partial charge in [-0.1, -0.05) is 24.3 Å². The number of carbonyl (C=O) groups excluding carboxylic acids is 1. The summed E-state index contributed by atoms with van der Waals surface area (Å²) >= 11 is 1.63. The van der Waals surface area contributed by atoms with Crippen molar-refractivity contribution in [3.63, 3.8) is 0 Å². The van der Waals surface area contributed by atoms with Gasteiger partial charge in [0.05, 0.1) is 0 Å². The van der Waals surface area contributed by atoms with Gasteiger partial charge in [0.15, 0.2) is 11.9 Å². The van der Waals surface area contributed by atoms with Gasteiger partial charge in [0.25, 0.3) is 0 Å². The van der Waals surface area contributed by atoms with Crippen LogP contribution in [0.15, 0.2) is 53.4 Å². The normalized spacial score (nSPS) is 17.1. The van der Waals surface area contributed by atoms with Crippen molar-refractivity contribution >= 4 is 17.5 Å². The number of para-hydroxylation sites is 1. The molecule has 0 fully saturated rings. The molecule has 0 amide bonds. The quantitative estimate of drug-likeness (QED) is 0.865. The number of rotatable bonds is 3. The molecule has 0 aromatic heterocycles. The molecule has 0 radical (unpaired) electrons. The molecule has 2 nitrogen and oxygen atoms in total. The van der Waals surface area contributed by atoms with Gasteiger partial charge in [-0.3, -0.25) is 4.79 Å². The maximum atomic E-state index is 12.8. The molecule has 0 aliphatic carbocycles. The van der Waals surface area contributed by atoms with Crippen LogP contribution in [0.4, 0.5) is 4.39 Å². The summed E-state index contributed by atoms with van der Waals surface area (Å²) < 4.78 is 18.6. The number of ketones is 1. The molecule has 3 rings (SSSR count). The minimum atomic E-state index is -0.431. The van der Waals surface area contributed by atoms with E-state index in [9.17, 15) is 9.18 Å². The van der Waals surface area contributed by atoms with E-state index in [-0.39, 0.29) is 18.0 Å². The zero-order valence-electron chi connectivity index (χ0n) is 10.7. The van der Waals surface area contributed by atoms with Gasteiger partial charge < -0.3 is 4.74 Å². The first kappa shape index (κ1) is 13.2. The van der Waals surface area contributed by atoms with E-state index >= 15 is 0 Å². The van der Waals surface area contributed by atoms with Crippen LogP contribution in [-0.4, -0.2) is 17.6 Å². The lowest BCUT2D eigenvalue weighted by Crippen LogP contribution is -2.33. The summed E-state index contributed by atoms with van der Waals surface area (Å²) in [4.78, 5) is 13.3. The molecule has 2 aromatic carbocycles. The molecule has 1 heterocycles. The second-order valence-electron chi connectivity index (χ2n) is 4.63. The van der Waals surface area contributed by atoms with E-state index < -0.39 is 6.10 Å². The Morgan fingerprint density at radius 2 is 1.95 bits per heavy atom. The third-order valence-corrected chi connectivity index (χ3v) is 4.28. The van der Waals surface area contributed by atoms with Crippen LogP contribution < -0.4 is 4.74 Å². The van der Waals surface area contributed by atoms with E-state index in [1.165, 1.54) is 12.1 Å². The van der Waals surface area contributed by atoms with E-state index in [2.05, 4.69) is 0 Å². The van der Waals surface area contributed by atoms with Crippen LogP contribution in [0.2, 0.25) is 0 Å². The summed E-state index contributed by atoms with van der Waals surface area (Å²) in [5, 5.41) is 0. The SMILES string of the molecule is O=C(Cc1ccc(F)cc1)C1CSc2ccccc2O1. The first-order valence-corrected chi connectivity index (χ1v) is 7.36. The number of carbonyl (C=O) groups is 1. The number of thioether (sulfide) groups is 1. The fraction of sp³-hybridized carbons (Fsp3) is 0.188. The number of hydrogen-bond donors (Lipinski definition) is 0. The summed E-state index contributed by atoms with van der Waals surface area (Å²) in [7, 11) is 0. The van der Waals surface area contributed by atoms with Crippen LogP contribution in [0.3, 0.4) is 0 Å². The molecule has 0 bridgehead atoms. The van der Waals surface area contributed by atoms with E-state index in [1.54, 1.807) is 23.9 Å². The molecule has 0 N–H and O–H groups in total. The monoisotopic (exact) mass is 288 g/mol. The largest absolute Gasteiger partial charge is 0.481 e. The van der Waals surface area contributed by atoms with Crippen molar-refractivity contribution in [3.8, 4) is 5.75 Å². The minimum absolute atomic E-state index is 0.0265. The lowest BCUT2D eigenvalue weighted by molar-refractivity contribution is -0.124. The Hall–Kier alpha value is -1.81. The Kier molecular flexibility index (Phi) is 3.74. The van der Waals surface area contributed by atoms with Crippen molar-refractivity contribution in [1.82, 2.24) is 0 Å². The van der Waals surface area contributed by atoms with E-state index in [4.69, 9.17) is 4.74 Å². The third-order valence-electron chi connectivity index (χ3n) is 3.16. The average molecular weight is 288 g/mol. The summed E-state index contributed by atoms with van der Waals surface area (Å²) in [5.41, 5.74) is 0.809. The van der Waals surface area contributed by atoms with Gasteiger partial charge in [0.1, 0.15) is 11.6 Å². The van der Waals surface area contributed by atoms with Gasteiger partial charge in [-0.05, 0) is 29.8 Å². The Balaban J connectivity index is 1.68. The fourth-order valence-corrected chi connectivity index (χ4v) is 3.11. The standard InChI is InChI=1S/C16H13FO2S/c17-12-7-5-11(6-8-12)9-13(18)15-10-20-16-4-2-1-3-14(16)19-15/h1-8,15H,9-10H2. The van der Waals surface area contributed by atoms with Gasteiger partial charge in [-0.15, -0.1) is 11.8 Å². The van der Waals surface area contributed by atoms with Crippen LogP contribution in [0, 0.1) is 5.82 Å². The van der Waals surface area contributed by atoms with Crippen molar-refractivity contribution in [1.29, 1.82) is 0 Å². The molecule has 1 aliphatic heterocycles. The highest BCUT2D eigenvalue weighted by Gasteiger charge is 2.26. The van der Waals surface area contributed by atoms with Crippen molar-refractivity contribution in [2.75, 3.05) is 5.75 Å². The topological polar surface area (TPSA) is 26.3 Å². The highest BCUT2D eigenvalue weighted by Crippen LogP contribution is 2.35. The number of fused-ring (bicyclic) bond motifs is 1. The molecule has 0 saturated heterocycles. The molecular formula is C16H13FO2S. The number of halogens is 1. The summed E-state index contributed by atoms with van der Waals surface area (Å²) in [6, 6.07) is 13.7. The molecular weight excluding hydrogens is 275 g/mol. The van der Waals surface area contributed by atoms with Crippen molar-refractivity contribution in [2.45, 2.75) is 17.4 Å². The van der Waals surface area contributed by atoms with Crippen LogP contribution in [0.25, 0.3) is 0 Å². The molecule has 2 aromatic rings. The van der Waals surface area contributed by atoms with Crippen molar-refractivity contribution in [2.24, 2.45) is 0 Å². The molecule has 0 saturated carbocycles. The number of hydrogen-bond acceptors (Lipinski definition) is 3. The Morgan fingerprint density at radius 3 is 2.75 bits per heavy atom. The Labute approximate surface area is 121 Å². The molecule has 102 valence electrons. The van der Waals surface area contributed by atoms with Crippen LogP contribution in [-0.2, 0) is 11.2 Å². The second-order valence-corrected chi connectivity index (χ2v) is 5.70. The van der Waals surface area contributed by atoms with Gasteiger partial charge >= 0.3 is 0 Å². The first-order valence-electron chi connectivity index (χ1n) is 6.38. The summed E-state index contributed by atoms with van der Waals surface area (Å²) in [6.07, 6.45) is -0.159. The summed E-state index contributed by atoms with van der Waals surface area (Å²) in [5.74, 6) is 1.12. The molecule has 20 heavy (non-hydrogen) atoms.